The standard InChI is InChI=1S/C14H22BrN3O2S/c1-2-7-18-8-5-11(6-9-18)17-21(19,20)12-3-4-13(15)14(16)10-12/h3-4,10-11,17H,2,5-9,16H2,1H3. The van der Waals surface area contributed by atoms with E-state index in [-0.39, 0.29) is 10.9 Å². The normalized spacial score (nSPS) is 18.0. The third-order valence-corrected chi connectivity index (χ3v) is 5.97. The maximum atomic E-state index is 12.4. The number of piperidine rings is 1. The van der Waals surface area contributed by atoms with Gasteiger partial charge in [-0.05, 0) is 73.0 Å². The molecule has 1 aromatic carbocycles. The molecule has 0 saturated carbocycles. The summed E-state index contributed by atoms with van der Waals surface area (Å²) in [7, 11) is -3.50. The molecule has 0 atom stereocenters. The van der Waals surface area contributed by atoms with Gasteiger partial charge in [0.15, 0.2) is 0 Å². The van der Waals surface area contributed by atoms with Crippen molar-refractivity contribution < 1.29 is 8.42 Å². The lowest BCUT2D eigenvalue weighted by Gasteiger charge is -2.31. The molecule has 0 aromatic heterocycles. The second kappa shape index (κ2) is 7.09. The number of nitrogens with zero attached hydrogens (tertiary/aromatic N) is 1. The summed E-state index contributed by atoms with van der Waals surface area (Å²) in [5.41, 5.74) is 6.18. The van der Waals surface area contributed by atoms with Crippen LogP contribution in [0.2, 0.25) is 0 Å². The predicted molar refractivity (Wildman–Crippen MR) is 88.6 cm³/mol. The lowest BCUT2D eigenvalue weighted by molar-refractivity contribution is 0.208. The number of nitrogen functional groups attached to an aromatic ring is 1. The van der Waals surface area contributed by atoms with Crippen LogP contribution >= 0.6 is 15.9 Å². The van der Waals surface area contributed by atoms with Crippen LogP contribution in [0, 0.1) is 0 Å². The molecule has 0 radical (unpaired) electrons. The molecular weight excluding hydrogens is 354 g/mol. The Morgan fingerprint density at radius 3 is 2.62 bits per heavy atom. The minimum atomic E-state index is -3.50. The number of benzene rings is 1. The zero-order chi connectivity index (χ0) is 15.5. The highest BCUT2D eigenvalue weighted by Gasteiger charge is 2.24. The van der Waals surface area contributed by atoms with Gasteiger partial charge in [0.2, 0.25) is 10.0 Å². The quantitative estimate of drug-likeness (QED) is 0.773. The largest absolute Gasteiger partial charge is 0.398 e. The number of hydrogen-bond donors (Lipinski definition) is 2. The first-order chi connectivity index (χ1) is 9.92. The molecule has 1 fully saturated rings. The molecule has 21 heavy (non-hydrogen) atoms. The Morgan fingerprint density at radius 1 is 1.38 bits per heavy atom. The van der Waals surface area contributed by atoms with Crippen molar-refractivity contribution in [3.8, 4) is 0 Å². The molecule has 2 rings (SSSR count). The molecule has 0 unspecified atom stereocenters. The molecule has 118 valence electrons. The lowest BCUT2D eigenvalue weighted by Crippen LogP contribution is -2.44. The summed E-state index contributed by atoms with van der Waals surface area (Å²) in [4.78, 5) is 2.60. The fourth-order valence-corrected chi connectivity index (χ4v) is 4.15. The number of nitrogens with two attached hydrogens (primary N) is 1. The second-order valence-electron chi connectivity index (χ2n) is 5.42. The fourth-order valence-electron chi connectivity index (χ4n) is 2.57. The van der Waals surface area contributed by atoms with Gasteiger partial charge in [0, 0.05) is 16.2 Å². The summed E-state index contributed by atoms with van der Waals surface area (Å²) in [5, 5.41) is 0. The Morgan fingerprint density at radius 2 is 2.05 bits per heavy atom. The maximum Gasteiger partial charge on any atom is 0.240 e. The third kappa shape index (κ3) is 4.42. The molecule has 1 aliphatic rings. The van der Waals surface area contributed by atoms with E-state index in [0.717, 1.165) is 38.9 Å². The number of nitrogens with one attached hydrogen (secondary N) is 1. The number of hydrogen-bond acceptors (Lipinski definition) is 4. The predicted octanol–water partition coefficient (Wildman–Crippen LogP) is 2.18. The summed E-state index contributed by atoms with van der Waals surface area (Å²) in [6, 6.07) is 4.72. The van der Waals surface area contributed by atoms with Crippen molar-refractivity contribution >= 4 is 31.6 Å². The highest BCUT2D eigenvalue weighted by molar-refractivity contribution is 9.10. The van der Waals surface area contributed by atoms with Crippen LogP contribution in [0.4, 0.5) is 5.69 Å². The van der Waals surface area contributed by atoms with E-state index in [1.807, 2.05) is 0 Å². The van der Waals surface area contributed by atoms with E-state index in [9.17, 15) is 8.42 Å². The Labute approximate surface area is 135 Å². The van der Waals surface area contributed by atoms with E-state index in [4.69, 9.17) is 5.73 Å². The first-order valence-corrected chi connectivity index (χ1v) is 9.49. The average molecular weight is 376 g/mol. The van der Waals surface area contributed by atoms with E-state index in [2.05, 4.69) is 32.5 Å². The number of anilines is 1. The molecule has 1 saturated heterocycles. The van der Waals surface area contributed by atoms with Crippen LogP contribution in [0.3, 0.4) is 0 Å². The first-order valence-electron chi connectivity index (χ1n) is 7.22. The maximum absolute atomic E-state index is 12.4. The topological polar surface area (TPSA) is 75.4 Å². The van der Waals surface area contributed by atoms with Gasteiger partial charge in [0.05, 0.1) is 4.90 Å². The minimum absolute atomic E-state index is 0.00739. The number of likely N-dealkylation sites (tertiary alicyclic amines) is 1. The molecule has 0 spiro atoms. The zero-order valence-corrected chi connectivity index (χ0v) is 14.6. The van der Waals surface area contributed by atoms with E-state index in [1.165, 1.54) is 6.07 Å². The first kappa shape index (κ1) is 16.7. The van der Waals surface area contributed by atoms with Crippen molar-refractivity contribution in [3.05, 3.63) is 22.7 Å². The highest BCUT2D eigenvalue weighted by Crippen LogP contribution is 2.23. The van der Waals surface area contributed by atoms with Crippen LogP contribution in [0.25, 0.3) is 0 Å². The molecule has 5 nitrogen and oxygen atoms in total. The van der Waals surface area contributed by atoms with Crippen LogP contribution in [-0.4, -0.2) is 39.0 Å². The third-order valence-electron chi connectivity index (χ3n) is 3.73. The fraction of sp³-hybridized carbons (Fsp3) is 0.571. The van der Waals surface area contributed by atoms with Gasteiger partial charge in [-0.15, -0.1) is 0 Å². The van der Waals surface area contributed by atoms with E-state index >= 15 is 0 Å². The van der Waals surface area contributed by atoms with Crippen molar-refractivity contribution in [1.82, 2.24) is 9.62 Å². The van der Waals surface area contributed by atoms with E-state index in [1.54, 1.807) is 12.1 Å². The van der Waals surface area contributed by atoms with Gasteiger partial charge in [-0.2, -0.15) is 0 Å². The van der Waals surface area contributed by atoms with Gasteiger partial charge < -0.3 is 10.6 Å². The van der Waals surface area contributed by atoms with Gasteiger partial charge in [-0.3, -0.25) is 0 Å². The molecule has 0 bridgehead atoms. The highest BCUT2D eigenvalue weighted by atomic mass is 79.9. The van der Waals surface area contributed by atoms with Gasteiger partial charge in [0.1, 0.15) is 0 Å². The number of sulfonamides is 1. The smallest absolute Gasteiger partial charge is 0.240 e. The minimum Gasteiger partial charge on any atom is -0.398 e. The van der Waals surface area contributed by atoms with Gasteiger partial charge in [-0.1, -0.05) is 6.92 Å². The lowest BCUT2D eigenvalue weighted by atomic mass is 10.1. The van der Waals surface area contributed by atoms with Gasteiger partial charge in [-0.25, -0.2) is 13.1 Å². The van der Waals surface area contributed by atoms with Gasteiger partial charge in [0.25, 0.3) is 0 Å². The molecule has 0 amide bonds. The van der Waals surface area contributed by atoms with E-state index in [0.29, 0.717) is 10.2 Å². The van der Waals surface area contributed by atoms with Crippen molar-refractivity contribution in [2.75, 3.05) is 25.4 Å². The molecule has 1 aromatic rings. The van der Waals surface area contributed by atoms with Crippen LogP contribution in [0.5, 0.6) is 0 Å². The summed E-state index contributed by atoms with van der Waals surface area (Å²) in [6.45, 7) is 5.14. The Bertz CT molecular complexity index is 584. The molecule has 7 heteroatoms. The average Bonchev–Trinajstić information content (AvgIpc) is 2.44. The second-order valence-corrected chi connectivity index (χ2v) is 7.99. The van der Waals surface area contributed by atoms with Crippen LogP contribution in [0.1, 0.15) is 26.2 Å². The number of rotatable bonds is 5. The van der Waals surface area contributed by atoms with Gasteiger partial charge >= 0.3 is 0 Å². The van der Waals surface area contributed by atoms with Crippen molar-refractivity contribution in [1.29, 1.82) is 0 Å². The summed E-state index contributed by atoms with van der Waals surface area (Å²) in [6.07, 6.45) is 2.84. The molecular formula is C14H22BrN3O2S. The Kier molecular flexibility index (Phi) is 5.65. The Hall–Kier alpha value is -0.630. The van der Waals surface area contributed by atoms with Crippen LogP contribution in [-0.2, 0) is 10.0 Å². The molecule has 0 aliphatic carbocycles. The monoisotopic (exact) mass is 375 g/mol. The molecule has 1 heterocycles. The molecule has 1 aliphatic heterocycles. The summed E-state index contributed by atoms with van der Waals surface area (Å²) >= 11 is 3.27. The van der Waals surface area contributed by atoms with Crippen LogP contribution in [0.15, 0.2) is 27.6 Å². The Balaban J connectivity index is 2.00. The zero-order valence-electron chi connectivity index (χ0n) is 12.2. The summed E-state index contributed by atoms with van der Waals surface area (Å²) in [5.74, 6) is 0. The van der Waals surface area contributed by atoms with Crippen molar-refractivity contribution in [2.45, 2.75) is 37.1 Å². The van der Waals surface area contributed by atoms with Crippen molar-refractivity contribution in [3.63, 3.8) is 0 Å². The SMILES string of the molecule is CCCN1CCC(NS(=O)(=O)c2ccc(Br)c(N)c2)CC1. The van der Waals surface area contributed by atoms with E-state index < -0.39 is 10.0 Å². The summed E-state index contributed by atoms with van der Waals surface area (Å²) < 4.78 is 28.2. The van der Waals surface area contributed by atoms with Crippen LogP contribution < -0.4 is 10.5 Å². The number of halogens is 1. The molecule has 3 N–H and O–H groups in total. The van der Waals surface area contributed by atoms with Crippen molar-refractivity contribution in [2.24, 2.45) is 0 Å².